The molecule has 1 N–H and O–H groups in total. The van der Waals surface area contributed by atoms with E-state index in [1.165, 1.54) is 27.4 Å². The summed E-state index contributed by atoms with van der Waals surface area (Å²) in [6.07, 6.45) is 5.27. The van der Waals surface area contributed by atoms with E-state index in [1.807, 2.05) is 18.2 Å². The van der Waals surface area contributed by atoms with E-state index >= 15 is 0 Å². The van der Waals surface area contributed by atoms with E-state index in [0.29, 0.717) is 0 Å². The van der Waals surface area contributed by atoms with Gasteiger partial charge in [-0.3, -0.25) is 0 Å². The van der Waals surface area contributed by atoms with E-state index in [-0.39, 0.29) is 5.92 Å². The van der Waals surface area contributed by atoms with Gasteiger partial charge in [-0.25, -0.2) is 0 Å². The number of para-hydroxylation sites is 3. The van der Waals surface area contributed by atoms with Crippen molar-refractivity contribution in [3.8, 4) is 27.9 Å². The Morgan fingerprint density at radius 3 is 2.00 bits per heavy atom. The molecule has 3 nitrogen and oxygen atoms in total. The summed E-state index contributed by atoms with van der Waals surface area (Å²) in [5.41, 5.74) is 14.5. The third kappa shape index (κ3) is 4.71. The monoisotopic (exact) mass is 681 g/mol. The number of allylic oxidation sites excluding steroid dienone is 2. The smallest absolute Gasteiger partial charge is 0.135 e. The highest BCUT2D eigenvalue weighted by atomic mass is 16.3. The highest BCUT2D eigenvalue weighted by Crippen LogP contribution is 2.58. The maximum Gasteiger partial charge on any atom is 0.135 e. The van der Waals surface area contributed by atoms with Crippen LogP contribution in [-0.2, 0) is 0 Å². The number of hydrogen-bond acceptors (Lipinski definition) is 2. The first-order valence-corrected chi connectivity index (χ1v) is 18.4. The highest BCUT2D eigenvalue weighted by Gasteiger charge is 2.56. The van der Waals surface area contributed by atoms with Gasteiger partial charge >= 0.3 is 0 Å². The number of fused-ring (bicyclic) bond motifs is 7. The lowest BCUT2D eigenvalue weighted by Crippen LogP contribution is -2.17. The standard InChI is InChI=1S/C50H35NO2/c1-31-19-20-33(32-11-3-2-4-12-32)27-43(31)45-29-37(24-38-30-50(38,45)52)36-23-35(34-21-22-49-44(28-34)42-15-7-10-18-48(42)53-49)25-39(26-36)51-46-16-8-5-13-40(46)41-14-6-9-17-47(41)51/h2-29,38,52H,30H2,1H3. The van der Waals surface area contributed by atoms with Crippen LogP contribution in [0.4, 0.5) is 0 Å². The molecule has 2 aliphatic carbocycles. The van der Waals surface area contributed by atoms with Crippen LogP contribution in [0.15, 0.2) is 174 Å². The van der Waals surface area contributed by atoms with Gasteiger partial charge in [-0.2, -0.15) is 0 Å². The number of benzene rings is 7. The van der Waals surface area contributed by atoms with Gasteiger partial charge in [0, 0.05) is 33.2 Å². The normalized spacial score (nSPS) is 18.0. The molecule has 2 heterocycles. The molecule has 2 aliphatic rings. The molecule has 0 radical (unpaired) electrons. The van der Waals surface area contributed by atoms with Gasteiger partial charge in [-0.15, -0.1) is 0 Å². The van der Waals surface area contributed by atoms with Crippen LogP contribution in [0.25, 0.3) is 82.8 Å². The predicted octanol–water partition coefficient (Wildman–Crippen LogP) is 12.6. The quantitative estimate of drug-likeness (QED) is 0.196. The minimum atomic E-state index is -0.857. The van der Waals surface area contributed by atoms with Crippen LogP contribution in [0.5, 0.6) is 0 Å². The molecular weight excluding hydrogens is 647 g/mol. The van der Waals surface area contributed by atoms with Crippen molar-refractivity contribution in [1.82, 2.24) is 4.57 Å². The van der Waals surface area contributed by atoms with Crippen LogP contribution in [0.2, 0.25) is 0 Å². The Balaban J connectivity index is 1.13. The number of aromatic nitrogens is 1. The van der Waals surface area contributed by atoms with Crippen LogP contribution in [0.1, 0.15) is 23.1 Å². The number of hydrogen-bond donors (Lipinski definition) is 1. The summed E-state index contributed by atoms with van der Waals surface area (Å²) in [4.78, 5) is 0. The highest BCUT2D eigenvalue weighted by molar-refractivity contribution is 6.10. The Morgan fingerprint density at radius 1 is 0.566 bits per heavy atom. The van der Waals surface area contributed by atoms with Crippen LogP contribution >= 0.6 is 0 Å². The Morgan fingerprint density at radius 2 is 1.21 bits per heavy atom. The summed E-state index contributed by atoms with van der Waals surface area (Å²) in [5, 5.41) is 16.7. The van der Waals surface area contributed by atoms with Gasteiger partial charge in [0.15, 0.2) is 0 Å². The van der Waals surface area contributed by atoms with E-state index in [9.17, 15) is 5.11 Å². The van der Waals surface area contributed by atoms with Crippen LogP contribution < -0.4 is 0 Å². The third-order valence-corrected chi connectivity index (χ3v) is 11.6. The molecule has 53 heavy (non-hydrogen) atoms. The van der Waals surface area contributed by atoms with Crippen LogP contribution in [-0.4, -0.2) is 15.3 Å². The molecule has 11 rings (SSSR count). The van der Waals surface area contributed by atoms with Crippen molar-refractivity contribution in [3.05, 3.63) is 187 Å². The van der Waals surface area contributed by atoms with E-state index < -0.39 is 5.60 Å². The number of furan rings is 1. The van der Waals surface area contributed by atoms with Crippen LogP contribution in [0, 0.1) is 12.8 Å². The molecule has 9 aromatic rings. The zero-order valence-electron chi connectivity index (χ0n) is 29.3. The fraction of sp³-hybridized carbons (Fsp3) is 0.0800. The summed E-state index contributed by atoms with van der Waals surface area (Å²) in [7, 11) is 0. The zero-order chi connectivity index (χ0) is 35.3. The third-order valence-electron chi connectivity index (χ3n) is 11.6. The second kappa shape index (κ2) is 11.3. The van der Waals surface area contributed by atoms with Crippen molar-refractivity contribution in [2.75, 3.05) is 0 Å². The lowest BCUT2D eigenvalue weighted by molar-refractivity contribution is 0.200. The van der Waals surface area contributed by atoms with Gasteiger partial charge in [-0.1, -0.05) is 109 Å². The second-order valence-corrected chi connectivity index (χ2v) is 14.8. The molecule has 2 atom stereocenters. The minimum absolute atomic E-state index is 0.0614. The summed E-state index contributed by atoms with van der Waals surface area (Å²) in [5.74, 6) is 0.0614. The van der Waals surface area contributed by atoms with Gasteiger partial charge in [0.05, 0.1) is 16.6 Å². The summed E-state index contributed by atoms with van der Waals surface area (Å²) < 4.78 is 8.62. The average molecular weight is 682 g/mol. The van der Waals surface area contributed by atoms with E-state index in [1.54, 1.807) is 0 Å². The fourth-order valence-corrected chi connectivity index (χ4v) is 8.72. The molecule has 3 heteroatoms. The van der Waals surface area contributed by atoms with Gasteiger partial charge < -0.3 is 14.1 Å². The molecule has 0 aliphatic heterocycles. The lowest BCUT2D eigenvalue weighted by Gasteiger charge is -2.23. The van der Waals surface area contributed by atoms with Crippen molar-refractivity contribution in [2.24, 2.45) is 5.92 Å². The Hall–Kier alpha value is -6.42. The zero-order valence-corrected chi connectivity index (χ0v) is 29.3. The van der Waals surface area contributed by atoms with Crippen molar-refractivity contribution in [3.63, 3.8) is 0 Å². The predicted molar refractivity (Wildman–Crippen MR) is 219 cm³/mol. The first kappa shape index (κ1) is 30.2. The summed E-state index contributed by atoms with van der Waals surface area (Å²) in [6, 6.07) is 56.3. The van der Waals surface area contributed by atoms with Gasteiger partial charge in [0.1, 0.15) is 11.2 Å². The number of nitrogens with zero attached hydrogens (tertiary/aromatic N) is 1. The average Bonchev–Trinajstić information content (AvgIpc) is 3.58. The first-order valence-electron chi connectivity index (χ1n) is 18.4. The number of rotatable bonds is 5. The number of aryl methyl sites for hydroxylation is 1. The van der Waals surface area contributed by atoms with E-state index in [4.69, 9.17) is 4.42 Å². The molecule has 0 amide bonds. The van der Waals surface area contributed by atoms with Gasteiger partial charge in [0.25, 0.3) is 0 Å². The van der Waals surface area contributed by atoms with Crippen LogP contribution in [0.3, 0.4) is 0 Å². The molecule has 1 fully saturated rings. The van der Waals surface area contributed by atoms with Gasteiger partial charge in [0.2, 0.25) is 0 Å². The Labute approximate surface area is 307 Å². The van der Waals surface area contributed by atoms with Crippen molar-refractivity contribution in [2.45, 2.75) is 18.9 Å². The molecule has 0 saturated heterocycles. The van der Waals surface area contributed by atoms with E-state index in [0.717, 1.165) is 78.6 Å². The number of aliphatic hydroxyl groups is 1. The largest absolute Gasteiger partial charge is 0.456 e. The second-order valence-electron chi connectivity index (χ2n) is 14.8. The Bertz CT molecular complexity index is 2960. The topological polar surface area (TPSA) is 38.3 Å². The molecule has 1 saturated carbocycles. The molecule has 0 spiro atoms. The first-order chi connectivity index (χ1) is 26.0. The maximum absolute atomic E-state index is 12.0. The summed E-state index contributed by atoms with van der Waals surface area (Å²) >= 11 is 0. The SMILES string of the molecule is Cc1ccc(-c2ccccc2)cc1C1=CC(c2cc(-c3ccc4oc5ccccc5c4c3)cc(-n3c4ccccc4c4ccccc43)c2)=CC2CC12O. The molecule has 252 valence electrons. The van der Waals surface area contributed by atoms with E-state index in [2.05, 4.69) is 163 Å². The molecule has 7 aromatic carbocycles. The minimum Gasteiger partial charge on any atom is -0.456 e. The summed E-state index contributed by atoms with van der Waals surface area (Å²) in [6.45, 7) is 2.15. The molecule has 2 aromatic heterocycles. The fourth-order valence-electron chi connectivity index (χ4n) is 8.72. The van der Waals surface area contributed by atoms with Crippen molar-refractivity contribution in [1.29, 1.82) is 0 Å². The lowest BCUT2D eigenvalue weighted by atomic mass is 9.85. The van der Waals surface area contributed by atoms with Crippen molar-refractivity contribution >= 4 is 54.9 Å². The Kier molecular flexibility index (Phi) is 6.44. The van der Waals surface area contributed by atoms with Crippen molar-refractivity contribution < 1.29 is 9.52 Å². The molecule has 0 bridgehead atoms. The maximum atomic E-state index is 12.0. The van der Waals surface area contributed by atoms with Gasteiger partial charge in [-0.05, 0) is 124 Å². The molecule has 2 unspecified atom stereocenters. The molecular formula is C50H35NO2.